The molecule has 0 aliphatic carbocycles. The van der Waals surface area contributed by atoms with Gasteiger partial charge in [0.25, 0.3) is 0 Å². The average molecular weight is 347 g/mol. The van der Waals surface area contributed by atoms with Gasteiger partial charge in [0.1, 0.15) is 6.04 Å². The van der Waals surface area contributed by atoms with Gasteiger partial charge in [0.2, 0.25) is 5.91 Å². The molecule has 1 aliphatic heterocycles. The predicted octanol–water partition coefficient (Wildman–Crippen LogP) is 2.75. The molecule has 1 atom stereocenters. The van der Waals surface area contributed by atoms with E-state index in [0.29, 0.717) is 0 Å². The molecule has 2 aromatic rings. The van der Waals surface area contributed by atoms with Crippen LogP contribution in [0.15, 0.2) is 36.5 Å². The van der Waals surface area contributed by atoms with Crippen molar-refractivity contribution in [2.24, 2.45) is 0 Å². The molecule has 1 aromatic heterocycles. The number of halogens is 1. The van der Waals surface area contributed by atoms with Crippen molar-refractivity contribution in [2.75, 3.05) is 26.2 Å². The highest BCUT2D eigenvalue weighted by atomic mass is 35.5. The molecule has 1 aromatic carbocycles. The van der Waals surface area contributed by atoms with E-state index in [-0.39, 0.29) is 11.9 Å². The summed E-state index contributed by atoms with van der Waals surface area (Å²) in [4.78, 5) is 17.0. The van der Waals surface area contributed by atoms with Crippen molar-refractivity contribution in [3.8, 4) is 0 Å². The van der Waals surface area contributed by atoms with Crippen LogP contribution >= 0.6 is 11.6 Å². The number of amides is 1. The number of rotatable bonds is 4. The lowest BCUT2D eigenvalue weighted by Gasteiger charge is -2.36. The monoisotopic (exact) mass is 346 g/mol. The maximum Gasteiger partial charge on any atom is 0.247 e. The standard InChI is InChI=1S/C18H23ClN4O/c1-14-7-8-23(20-14)15(2)18(24)22-11-9-21(10-12-22)13-16-3-5-17(19)6-4-16/h3-8,15H,9-13H2,1-2H3. The fourth-order valence-corrected chi connectivity index (χ4v) is 3.13. The summed E-state index contributed by atoms with van der Waals surface area (Å²) in [5, 5.41) is 5.11. The molecule has 0 N–H and O–H groups in total. The molecule has 128 valence electrons. The van der Waals surface area contributed by atoms with Crippen LogP contribution in [-0.2, 0) is 11.3 Å². The topological polar surface area (TPSA) is 41.4 Å². The Morgan fingerprint density at radius 2 is 1.83 bits per heavy atom. The molecule has 1 aliphatic rings. The van der Waals surface area contributed by atoms with Crippen LogP contribution in [0.3, 0.4) is 0 Å². The van der Waals surface area contributed by atoms with Crippen molar-refractivity contribution in [3.05, 3.63) is 52.8 Å². The van der Waals surface area contributed by atoms with E-state index in [2.05, 4.69) is 22.1 Å². The van der Waals surface area contributed by atoms with Crippen molar-refractivity contribution in [1.82, 2.24) is 19.6 Å². The molecule has 1 saturated heterocycles. The zero-order chi connectivity index (χ0) is 17.1. The average Bonchev–Trinajstić information content (AvgIpc) is 3.03. The van der Waals surface area contributed by atoms with Crippen LogP contribution in [0.4, 0.5) is 0 Å². The molecule has 6 heteroatoms. The van der Waals surface area contributed by atoms with Gasteiger partial charge < -0.3 is 4.90 Å². The Morgan fingerprint density at radius 3 is 2.42 bits per heavy atom. The van der Waals surface area contributed by atoms with Crippen molar-refractivity contribution in [2.45, 2.75) is 26.4 Å². The lowest BCUT2D eigenvalue weighted by atomic mass is 10.2. The minimum Gasteiger partial charge on any atom is -0.338 e. The minimum absolute atomic E-state index is 0.143. The molecule has 1 fully saturated rings. The molecule has 1 unspecified atom stereocenters. The van der Waals surface area contributed by atoms with Crippen LogP contribution in [0.5, 0.6) is 0 Å². The van der Waals surface area contributed by atoms with Crippen LogP contribution in [-0.4, -0.2) is 51.7 Å². The number of benzene rings is 1. The summed E-state index contributed by atoms with van der Waals surface area (Å²) in [6.07, 6.45) is 1.87. The summed E-state index contributed by atoms with van der Waals surface area (Å²) < 4.78 is 1.75. The Morgan fingerprint density at radius 1 is 1.17 bits per heavy atom. The predicted molar refractivity (Wildman–Crippen MR) is 95.0 cm³/mol. The number of hydrogen-bond acceptors (Lipinski definition) is 3. The Hall–Kier alpha value is -1.85. The highest BCUT2D eigenvalue weighted by Gasteiger charge is 2.26. The summed E-state index contributed by atoms with van der Waals surface area (Å²) in [6.45, 7) is 8.04. The SMILES string of the molecule is Cc1ccn(C(C)C(=O)N2CCN(Cc3ccc(Cl)cc3)CC2)n1. The molecule has 1 amide bonds. The molecule has 0 spiro atoms. The highest BCUT2D eigenvalue weighted by Crippen LogP contribution is 2.15. The molecular weight excluding hydrogens is 324 g/mol. The molecule has 24 heavy (non-hydrogen) atoms. The zero-order valence-corrected chi connectivity index (χ0v) is 14.9. The smallest absolute Gasteiger partial charge is 0.247 e. The summed E-state index contributed by atoms with van der Waals surface area (Å²) in [5.74, 6) is 0.143. The lowest BCUT2D eigenvalue weighted by Crippen LogP contribution is -2.49. The van der Waals surface area contributed by atoms with Crippen LogP contribution in [0.1, 0.15) is 24.2 Å². The summed E-state index contributed by atoms with van der Waals surface area (Å²) in [5.41, 5.74) is 2.18. The third-order valence-corrected chi connectivity index (χ3v) is 4.75. The quantitative estimate of drug-likeness (QED) is 0.854. The van der Waals surface area contributed by atoms with Gasteiger partial charge in [-0.3, -0.25) is 14.4 Å². The largest absolute Gasteiger partial charge is 0.338 e. The van der Waals surface area contributed by atoms with Crippen molar-refractivity contribution < 1.29 is 4.79 Å². The fourth-order valence-electron chi connectivity index (χ4n) is 3.00. The first-order chi connectivity index (χ1) is 11.5. The van der Waals surface area contributed by atoms with Gasteiger partial charge >= 0.3 is 0 Å². The van der Waals surface area contributed by atoms with E-state index < -0.39 is 0 Å². The van der Waals surface area contributed by atoms with E-state index in [1.807, 2.05) is 43.1 Å². The van der Waals surface area contributed by atoms with Gasteiger partial charge in [0.15, 0.2) is 0 Å². The first kappa shape index (κ1) is 17.0. The van der Waals surface area contributed by atoms with Crippen molar-refractivity contribution in [1.29, 1.82) is 0 Å². The van der Waals surface area contributed by atoms with Gasteiger partial charge in [-0.25, -0.2) is 0 Å². The van der Waals surface area contributed by atoms with Crippen LogP contribution in [0.25, 0.3) is 0 Å². The Bertz CT molecular complexity index is 689. The Kier molecular flexibility index (Phi) is 5.21. The van der Waals surface area contributed by atoms with E-state index in [4.69, 9.17) is 11.6 Å². The molecule has 0 bridgehead atoms. The number of aromatic nitrogens is 2. The van der Waals surface area contributed by atoms with E-state index in [1.54, 1.807) is 4.68 Å². The van der Waals surface area contributed by atoms with Gasteiger partial charge in [0, 0.05) is 43.9 Å². The van der Waals surface area contributed by atoms with Crippen molar-refractivity contribution >= 4 is 17.5 Å². The second-order valence-electron chi connectivity index (χ2n) is 6.34. The molecule has 3 rings (SSSR count). The first-order valence-corrected chi connectivity index (χ1v) is 8.68. The second kappa shape index (κ2) is 7.36. The molecular formula is C18H23ClN4O. The van der Waals surface area contributed by atoms with Crippen LogP contribution < -0.4 is 0 Å². The van der Waals surface area contributed by atoms with Gasteiger partial charge in [0.05, 0.1) is 5.69 Å². The highest BCUT2D eigenvalue weighted by molar-refractivity contribution is 6.30. The normalized spacial score (nSPS) is 17.0. The van der Waals surface area contributed by atoms with Gasteiger partial charge in [-0.05, 0) is 37.6 Å². The van der Waals surface area contributed by atoms with Gasteiger partial charge in [-0.1, -0.05) is 23.7 Å². The first-order valence-electron chi connectivity index (χ1n) is 8.30. The summed E-state index contributed by atoms with van der Waals surface area (Å²) in [7, 11) is 0. The fraction of sp³-hybridized carbons (Fsp3) is 0.444. The van der Waals surface area contributed by atoms with Crippen molar-refractivity contribution in [3.63, 3.8) is 0 Å². The van der Waals surface area contributed by atoms with E-state index in [0.717, 1.165) is 43.4 Å². The second-order valence-corrected chi connectivity index (χ2v) is 6.78. The number of aryl methyl sites for hydroxylation is 1. The van der Waals surface area contributed by atoms with E-state index in [1.165, 1.54) is 5.56 Å². The molecule has 5 nitrogen and oxygen atoms in total. The van der Waals surface area contributed by atoms with Gasteiger partial charge in [-0.15, -0.1) is 0 Å². The summed E-state index contributed by atoms with van der Waals surface area (Å²) >= 11 is 5.93. The lowest BCUT2D eigenvalue weighted by molar-refractivity contribution is -0.136. The Labute approximate surface area is 147 Å². The minimum atomic E-state index is -0.249. The van der Waals surface area contributed by atoms with E-state index >= 15 is 0 Å². The Balaban J connectivity index is 1.52. The number of carbonyl (C=O) groups is 1. The zero-order valence-electron chi connectivity index (χ0n) is 14.2. The molecule has 2 heterocycles. The summed E-state index contributed by atoms with van der Waals surface area (Å²) in [6, 6.07) is 9.63. The maximum atomic E-state index is 12.6. The maximum absolute atomic E-state index is 12.6. The molecule has 0 radical (unpaired) electrons. The van der Waals surface area contributed by atoms with Crippen LogP contribution in [0, 0.1) is 6.92 Å². The van der Waals surface area contributed by atoms with E-state index in [9.17, 15) is 4.79 Å². The third kappa shape index (κ3) is 3.97. The number of piperazine rings is 1. The number of carbonyl (C=O) groups excluding carboxylic acids is 1. The number of hydrogen-bond donors (Lipinski definition) is 0. The molecule has 0 saturated carbocycles. The van der Waals surface area contributed by atoms with Gasteiger partial charge in [-0.2, -0.15) is 5.10 Å². The van der Waals surface area contributed by atoms with Crippen LogP contribution in [0.2, 0.25) is 5.02 Å². The number of nitrogens with zero attached hydrogens (tertiary/aromatic N) is 4. The third-order valence-electron chi connectivity index (χ3n) is 4.50.